The fraction of sp³-hybridized carbons (Fsp3) is 0.462. The first-order chi connectivity index (χ1) is 17.8. The van der Waals surface area contributed by atoms with Crippen LogP contribution in [0, 0.1) is 28.7 Å². The van der Waals surface area contributed by atoms with Crippen LogP contribution in [0.4, 0.5) is 17.6 Å². The van der Waals surface area contributed by atoms with Crippen molar-refractivity contribution in [2.24, 2.45) is 16.9 Å². The van der Waals surface area contributed by atoms with E-state index in [1.54, 1.807) is 13.8 Å². The van der Waals surface area contributed by atoms with Gasteiger partial charge in [-0.1, -0.05) is 44.2 Å². The molecule has 12 heteroatoms. The summed E-state index contributed by atoms with van der Waals surface area (Å²) in [5, 5.41) is 15.4. The van der Waals surface area contributed by atoms with Crippen LogP contribution in [0.5, 0.6) is 0 Å². The Kier molecular flexibility index (Phi) is 11.6. The van der Waals surface area contributed by atoms with Gasteiger partial charge < -0.3 is 31.9 Å². The zero-order valence-electron chi connectivity index (χ0n) is 21.3. The summed E-state index contributed by atoms with van der Waals surface area (Å²) in [6.07, 6.45) is -2.19. The maximum Gasteiger partial charge on any atom is 0.250 e. The van der Waals surface area contributed by atoms with Crippen LogP contribution in [0.3, 0.4) is 0 Å². The lowest BCUT2D eigenvalue weighted by atomic mass is 9.93. The van der Waals surface area contributed by atoms with E-state index >= 15 is 0 Å². The first-order valence-corrected chi connectivity index (χ1v) is 12.0. The van der Waals surface area contributed by atoms with Crippen LogP contribution in [-0.2, 0) is 27.4 Å². The van der Waals surface area contributed by atoms with Gasteiger partial charge in [0, 0.05) is 25.6 Å². The van der Waals surface area contributed by atoms with Gasteiger partial charge in [-0.2, -0.15) is 0 Å². The summed E-state index contributed by atoms with van der Waals surface area (Å²) in [6, 6.07) is 7.91. The number of aliphatic hydroxyl groups excluding tert-OH is 1. The summed E-state index contributed by atoms with van der Waals surface area (Å²) in [7, 11) is 0. The Bertz CT molecular complexity index is 1090. The molecule has 210 valence electrons. The lowest BCUT2D eigenvalue weighted by molar-refractivity contribution is -0.131. The standard InChI is InChI=1S/C26H34F4N4O4/c1-26(2,14-34-25(37)24(36)19(32)12-38-11-15-6-4-3-5-7-15)13-33-20(35)10-17(31)8-16-9-18(27)22(29)23(30)21(16)28/h3-7,9,17,19,24,36H,8,10-14,31-32H2,1-2H3,(H,33,35)(H,34,37). The van der Waals surface area contributed by atoms with E-state index in [9.17, 15) is 32.3 Å². The highest BCUT2D eigenvalue weighted by atomic mass is 19.2. The third-order valence-corrected chi connectivity index (χ3v) is 5.71. The van der Waals surface area contributed by atoms with Crippen molar-refractivity contribution in [1.29, 1.82) is 0 Å². The zero-order chi connectivity index (χ0) is 28.5. The van der Waals surface area contributed by atoms with Crippen LogP contribution in [0.15, 0.2) is 36.4 Å². The molecule has 0 saturated carbocycles. The minimum atomic E-state index is -1.94. The van der Waals surface area contributed by atoms with E-state index in [0.717, 1.165) is 5.56 Å². The molecule has 2 amide bonds. The summed E-state index contributed by atoms with van der Waals surface area (Å²) in [5.41, 5.74) is 11.5. The topological polar surface area (TPSA) is 140 Å². The van der Waals surface area contributed by atoms with Gasteiger partial charge in [0.05, 0.1) is 19.3 Å². The summed E-state index contributed by atoms with van der Waals surface area (Å²) in [6.45, 7) is 3.95. The zero-order valence-corrected chi connectivity index (χ0v) is 21.3. The molecule has 2 aromatic carbocycles. The summed E-state index contributed by atoms with van der Waals surface area (Å²) >= 11 is 0. The van der Waals surface area contributed by atoms with Crippen molar-refractivity contribution >= 4 is 11.8 Å². The number of carbonyl (C=O) groups is 2. The van der Waals surface area contributed by atoms with Gasteiger partial charge in [0.1, 0.15) is 6.10 Å². The maximum atomic E-state index is 13.8. The molecule has 38 heavy (non-hydrogen) atoms. The molecule has 2 rings (SSSR count). The van der Waals surface area contributed by atoms with Crippen molar-refractivity contribution in [3.8, 4) is 0 Å². The van der Waals surface area contributed by atoms with Crippen molar-refractivity contribution < 1.29 is 37.0 Å². The number of amides is 2. The van der Waals surface area contributed by atoms with E-state index in [2.05, 4.69) is 10.6 Å². The smallest absolute Gasteiger partial charge is 0.250 e. The molecule has 0 aliphatic heterocycles. The molecule has 3 unspecified atom stereocenters. The molecule has 0 spiro atoms. The first kappa shape index (κ1) is 31.2. The number of hydrogen-bond donors (Lipinski definition) is 5. The Balaban J connectivity index is 1.73. The third kappa shape index (κ3) is 9.67. The fourth-order valence-corrected chi connectivity index (χ4v) is 3.44. The van der Waals surface area contributed by atoms with Crippen molar-refractivity contribution in [2.45, 2.75) is 51.5 Å². The van der Waals surface area contributed by atoms with E-state index in [4.69, 9.17) is 16.2 Å². The summed E-state index contributed by atoms with van der Waals surface area (Å²) < 4.78 is 59.1. The van der Waals surface area contributed by atoms with Gasteiger partial charge in [0.25, 0.3) is 5.91 Å². The molecule has 0 radical (unpaired) electrons. The number of nitrogens with one attached hydrogen (secondary N) is 2. The molecule has 8 nitrogen and oxygen atoms in total. The molecule has 0 fully saturated rings. The summed E-state index contributed by atoms with van der Waals surface area (Å²) in [5.74, 6) is -8.17. The van der Waals surface area contributed by atoms with Crippen LogP contribution in [-0.4, -0.2) is 54.8 Å². The van der Waals surface area contributed by atoms with Crippen LogP contribution >= 0.6 is 0 Å². The first-order valence-electron chi connectivity index (χ1n) is 12.0. The number of halogens is 4. The molecular formula is C26H34F4N4O4. The van der Waals surface area contributed by atoms with Gasteiger partial charge in [-0.15, -0.1) is 0 Å². The molecule has 0 bridgehead atoms. The second kappa shape index (κ2) is 14.2. The number of hydrogen-bond acceptors (Lipinski definition) is 6. The number of benzene rings is 2. The van der Waals surface area contributed by atoms with E-state index in [-0.39, 0.29) is 39.1 Å². The lowest BCUT2D eigenvalue weighted by Gasteiger charge is -2.27. The number of ether oxygens (including phenoxy) is 1. The Morgan fingerprint density at radius 1 is 1.00 bits per heavy atom. The number of rotatable bonds is 14. The van der Waals surface area contributed by atoms with Gasteiger partial charge in [0.15, 0.2) is 23.3 Å². The third-order valence-electron chi connectivity index (χ3n) is 5.71. The van der Waals surface area contributed by atoms with Gasteiger partial charge in [0.2, 0.25) is 5.91 Å². The minimum absolute atomic E-state index is 0.0374. The second-order valence-electron chi connectivity index (χ2n) is 9.90. The van der Waals surface area contributed by atoms with Crippen molar-refractivity contribution in [3.05, 3.63) is 70.8 Å². The molecule has 0 aromatic heterocycles. The van der Waals surface area contributed by atoms with Gasteiger partial charge in [-0.25, -0.2) is 17.6 Å². The normalized spacial score (nSPS) is 14.0. The molecular weight excluding hydrogens is 508 g/mol. The lowest BCUT2D eigenvalue weighted by Crippen LogP contribution is -2.51. The van der Waals surface area contributed by atoms with Crippen LogP contribution < -0.4 is 22.1 Å². The van der Waals surface area contributed by atoms with Gasteiger partial charge in [-0.05, 0) is 29.0 Å². The fourth-order valence-electron chi connectivity index (χ4n) is 3.44. The molecule has 2 aromatic rings. The highest BCUT2D eigenvalue weighted by molar-refractivity contribution is 5.81. The summed E-state index contributed by atoms with van der Waals surface area (Å²) in [4.78, 5) is 24.6. The highest BCUT2D eigenvalue weighted by Gasteiger charge is 2.27. The molecule has 0 saturated heterocycles. The molecule has 0 aliphatic carbocycles. The minimum Gasteiger partial charge on any atom is -0.382 e. The van der Waals surface area contributed by atoms with Crippen molar-refractivity contribution in [3.63, 3.8) is 0 Å². The van der Waals surface area contributed by atoms with Crippen molar-refractivity contribution in [2.75, 3.05) is 19.7 Å². The molecule has 3 atom stereocenters. The molecule has 0 heterocycles. The Morgan fingerprint density at radius 3 is 2.29 bits per heavy atom. The van der Waals surface area contributed by atoms with Crippen molar-refractivity contribution in [1.82, 2.24) is 10.6 Å². The second-order valence-corrected chi connectivity index (χ2v) is 9.90. The Morgan fingerprint density at radius 2 is 1.63 bits per heavy atom. The SMILES string of the molecule is CC(C)(CNC(=O)CC(N)Cc1cc(F)c(F)c(F)c1F)CNC(=O)C(O)C(N)COCc1ccccc1. The Hall–Kier alpha value is -3.06. The largest absolute Gasteiger partial charge is 0.382 e. The van der Waals surface area contributed by atoms with Gasteiger partial charge in [-0.3, -0.25) is 9.59 Å². The van der Waals surface area contributed by atoms with Crippen LogP contribution in [0.25, 0.3) is 0 Å². The van der Waals surface area contributed by atoms with E-state index in [0.29, 0.717) is 6.07 Å². The predicted octanol–water partition coefficient (Wildman–Crippen LogP) is 1.67. The maximum absolute atomic E-state index is 13.8. The number of aliphatic hydroxyl groups is 1. The average molecular weight is 543 g/mol. The quantitative estimate of drug-likeness (QED) is 0.140. The van der Waals surface area contributed by atoms with E-state index < -0.39 is 64.2 Å². The number of carbonyl (C=O) groups excluding carboxylic acids is 2. The van der Waals surface area contributed by atoms with Crippen LogP contribution in [0.1, 0.15) is 31.4 Å². The number of nitrogens with two attached hydrogens (primary N) is 2. The van der Waals surface area contributed by atoms with E-state index in [1.165, 1.54) is 0 Å². The van der Waals surface area contributed by atoms with Gasteiger partial charge >= 0.3 is 0 Å². The Labute approximate surface area is 218 Å². The highest BCUT2D eigenvalue weighted by Crippen LogP contribution is 2.20. The molecule has 7 N–H and O–H groups in total. The molecule has 0 aliphatic rings. The monoisotopic (exact) mass is 542 g/mol. The van der Waals surface area contributed by atoms with E-state index in [1.807, 2.05) is 30.3 Å². The average Bonchev–Trinajstić information content (AvgIpc) is 2.88. The predicted molar refractivity (Wildman–Crippen MR) is 132 cm³/mol. The van der Waals surface area contributed by atoms with Crippen LogP contribution in [0.2, 0.25) is 0 Å².